The Hall–Kier alpha value is -1.60. The predicted molar refractivity (Wildman–Crippen MR) is 126 cm³/mol. The molecule has 2 N–H and O–H groups in total. The quantitative estimate of drug-likeness (QED) is 0.459. The molecule has 7 heteroatoms. The second kappa shape index (κ2) is 12.3. The van der Waals surface area contributed by atoms with Gasteiger partial charge in [-0.2, -0.15) is 0 Å². The molecule has 1 aliphatic heterocycles. The van der Waals surface area contributed by atoms with Gasteiger partial charge in [-0.1, -0.05) is 51.0 Å². The number of aliphatic imine (C=N–C) groups is 1. The number of likely N-dealkylation sites (tertiary alicyclic amines) is 1. The summed E-state index contributed by atoms with van der Waals surface area (Å²) in [5.74, 6) is 1.49. The molecule has 1 aromatic rings. The number of nitrogens with zero attached hydrogens (tertiary/aromatic N) is 2. The number of sulfone groups is 1. The van der Waals surface area contributed by atoms with Gasteiger partial charge in [-0.25, -0.2) is 13.4 Å². The van der Waals surface area contributed by atoms with Gasteiger partial charge in [0.15, 0.2) is 15.8 Å². The van der Waals surface area contributed by atoms with Crippen LogP contribution >= 0.6 is 0 Å². The number of benzene rings is 1. The Bertz CT molecular complexity index is 752. The first kappa shape index (κ1) is 24.7. The summed E-state index contributed by atoms with van der Waals surface area (Å²) in [6.07, 6.45) is 6.55. The first-order valence-electron chi connectivity index (χ1n) is 11.3. The molecule has 1 unspecified atom stereocenters. The fourth-order valence-corrected chi connectivity index (χ4v) is 4.77. The van der Waals surface area contributed by atoms with Crippen molar-refractivity contribution in [3.63, 3.8) is 0 Å². The van der Waals surface area contributed by atoms with Crippen LogP contribution in [0, 0.1) is 5.92 Å². The van der Waals surface area contributed by atoms with Crippen LogP contribution in [0.25, 0.3) is 0 Å². The zero-order chi connectivity index (χ0) is 22.0. The molecule has 1 atom stereocenters. The van der Waals surface area contributed by atoms with E-state index >= 15 is 0 Å². The van der Waals surface area contributed by atoms with E-state index < -0.39 is 9.84 Å². The molecule has 6 nitrogen and oxygen atoms in total. The Balaban J connectivity index is 1.97. The molecule has 170 valence electrons. The third-order valence-corrected chi connectivity index (χ3v) is 6.43. The maximum atomic E-state index is 11.4. The molecule has 1 aliphatic rings. The van der Waals surface area contributed by atoms with Gasteiger partial charge < -0.3 is 10.6 Å². The second-order valence-electron chi connectivity index (χ2n) is 8.72. The molecule has 2 rings (SSSR count). The number of hydrogen-bond donors (Lipinski definition) is 2. The standard InChI is InChI=1S/C23H40N4O2S/c1-5-24-23(25-16-20-10-12-21(13-11-20)18-30(4,28)29)26-17-22(19(2)3)27-14-8-6-7-9-15-27/h10-13,19,22H,5-9,14-18H2,1-4H3,(H2,24,25,26). The minimum absolute atomic E-state index is 0.0772. The summed E-state index contributed by atoms with van der Waals surface area (Å²) in [6.45, 7) is 11.3. The molecule has 1 saturated heterocycles. The smallest absolute Gasteiger partial charge is 0.191 e. The highest BCUT2D eigenvalue weighted by Crippen LogP contribution is 2.17. The van der Waals surface area contributed by atoms with Crippen molar-refractivity contribution in [3.05, 3.63) is 35.4 Å². The summed E-state index contributed by atoms with van der Waals surface area (Å²) in [5.41, 5.74) is 1.88. The van der Waals surface area contributed by atoms with Crippen molar-refractivity contribution < 1.29 is 8.42 Å². The van der Waals surface area contributed by atoms with Crippen LogP contribution in [-0.4, -0.2) is 57.8 Å². The predicted octanol–water partition coefficient (Wildman–Crippen LogP) is 3.19. The highest BCUT2D eigenvalue weighted by Gasteiger charge is 2.22. The van der Waals surface area contributed by atoms with Gasteiger partial charge in [-0.15, -0.1) is 0 Å². The zero-order valence-corrected chi connectivity index (χ0v) is 20.0. The van der Waals surface area contributed by atoms with E-state index in [2.05, 4.69) is 36.3 Å². The topological polar surface area (TPSA) is 73.8 Å². The Morgan fingerprint density at radius 3 is 2.17 bits per heavy atom. The number of rotatable bonds is 9. The van der Waals surface area contributed by atoms with Crippen molar-refractivity contribution >= 4 is 15.8 Å². The van der Waals surface area contributed by atoms with Gasteiger partial charge in [0.2, 0.25) is 0 Å². The molecule has 0 aliphatic carbocycles. The number of guanidine groups is 1. The summed E-state index contributed by atoms with van der Waals surface area (Å²) in [6, 6.07) is 8.17. The SMILES string of the molecule is CCNC(=NCc1ccc(CS(C)(=O)=O)cc1)NCC(C(C)C)N1CCCCCC1. The van der Waals surface area contributed by atoms with Crippen LogP contribution in [-0.2, 0) is 22.1 Å². The highest BCUT2D eigenvalue weighted by atomic mass is 32.2. The van der Waals surface area contributed by atoms with E-state index in [4.69, 9.17) is 4.99 Å². The molecule has 0 bridgehead atoms. The molecular formula is C23H40N4O2S. The molecule has 0 radical (unpaired) electrons. The minimum Gasteiger partial charge on any atom is -0.357 e. The van der Waals surface area contributed by atoms with Crippen LogP contribution in [0.4, 0.5) is 0 Å². The summed E-state index contributed by atoms with van der Waals surface area (Å²) in [5, 5.41) is 6.90. The van der Waals surface area contributed by atoms with Crippen molar-refractivity contribution in [1.82, 2.24) is 15.5 Å². The van der Waals surface area contributed by atoms with Crippen molar-refractivity contribution in [2.24, 2.45) is 10.9 Å². The maximum absolute atomic E-state index is 11.4. The largest absolute Gasteiger partial charge is 0.357 e. The molecule has 1 aromatic carbocycles. The van der Waals surface area contributed by atoms with E-state index in [0.717, 1.165) is 30.2 Å². The van der Waals surface area contributed by atoms with E-state index in [1.807, 2.05) is 24.3 Å². The Labute approximate surface area is 183 Å². The van der Waals surface area contributed by atoms with Crippen LogP contribution in [0.1, 0.15) is 57.6 Å². The lowest BCUT2D eigenvalue weighted by Gasteiger charge is -2.34. The fourth-order valence-electron chi connectivity index (χ4n) is 3.97. The molecular weight excluding hydrogens is 396 g/mol. The van der Waals surface area contributed by atoms with E-state index in [9.17, 15) is 8.42 Å². The van der Waals surface area contributed by atoms with Crippen molar-refractivity contribution in [2.45, 2.75) is 64.8 Å². The van der Waals surface area contributed by atoms with Gasteiger partial charge in [-0.3, -0.25) is 4.90 Å². The summed E-state index contributed by atoms with van der Waals surface area (Å²) in [4.78, 5) is 7.39. The maximum Gasteiger partial charge on any atom is 0.191 e. The summed E-state index contributed by atoms with van der Waals surface area (Å²) >= 11 is 0. The molecule has 0 saturated carbocycles. The first-order chi connectivity index (χ1) is 14.3. The van der Waals surface area contributed by atoms with Gasteiger partial charge >= 0.3 is 0 Å². The number of nitrogens with one attached hydrogen (secondary N) is 2. The Kier molecular flexibility index (Phi) is 10.1. The van der Waals surface area contributed by atoms with E-state index in [-0.39, 0.29) is 5.75 Å². The van der Waals surface area contributed by atoms with E-state index in [1.54, 1.807) is 0 Å². The van der Waals surface area contributed by atoms with Gasteiger partial charge in [0, 0.05) is 25.4 Å². The lowest BCUT2D eigenvalue weighted by atomic mass is 10.0. The normalized spacial score (nSPS) is 17.6. The molecule has 1 heterocycles. The van der Waals surface area contributed by atoms with Gasteiger partial charge in [0.25, 0.3) is 0 Å². The second-order valence-corrected chi connectivity index (χ2v) is 10.9. The van der Waals surface area contributed by atoms with Gasteiger partial charge in [-0.05, 0) is 49.9 Å². The average Bonchev–Trinajstić information content (AvgIpc) is 2.95. The van der Waals surface area contributed by atoms with Gasteiger partial charge in [0.05, 0.1) is 12.3 Å². The molecule has 0 amide bonds. The van der Waals surface area contributed by atoms with Crippen LogP contribution in [0.3, 0.4) is 0 Å². The lowest BCUT2D eigenvalue weighted by molar-refractivity contribution is 0.161. The zero-order valence-electron chi connectivity index (χ0n) is 19.2. The highest BCUT2D eigenvalue weighted by molar-refractivity contribution is 7.89. The van der Waals surface area contributed by atoms with Gasteiger partial charge in [0.1, 0.15) is 0 Å². The van der Waals surface area contributed by atoms with Crippen LogP contribution < -0.4 is 10.6 Å². The van der Waals surface area contributed by atoms with E-state index in [1.165, 1.54) is 45.0 Å². The molecule has 0 spiro atoms. The van der Waals surface area contributed by atoms with Crippen LogP contribution in [0.15, 0.2) is 29.3 Å². The Morgan fingerprint density at radius 1 is 1.03 bits per heavy atom. The first-order valence-corrected chi connectivity index (χ1v) is 13.4. The van der Waals surface area contributed by atoms with E-state index in [0.29, 0.717) is 18.5 Å². The van der Waals surface area contributed by atoms with Crippen LogP contribution in [0.5, 0.6) is 0 Å². The van der Waals surface area contributed by atoms with Crippen molar-refractivity contribution in [3.8, 4) is 0 Å². The summed E-state index contributed by atoms with van der Waals surface area (Å²) in [7, 11) is -3.01. The third-order valence-electron chi connectivity index (χ3n) is 5.57. The van der Waals surface area contributed by atoms with Crippen LogP contribution in [0.2, 0.25) is 0 Å². The average molecular weight is 437 g/mol. The molecule has 30 heavy (non-hydrogen) atoms. The summed E-state index contributed by atoms with van der Waals surface area (Å²) < 4.78 is 22.9. The molecule has 0 aromatic heterocycles. The monoisotopic (exact) mass is 436 g/mol. The van der Waals surface area contributed by atoms with Crippen molar-refractivity contribution in [1.29, 1.82) is 0 Å². The molecule has 1 fully saturated rings. The Morgan fingerprint density at radius 2 is 1.63 bits per heavy atom. The third kappa shape index (κ3) is 9.04. The van der Waals surface area contributed by atoms with Crippen molar-refractivity contribution in [2.75, 3.05) is 32.4 Å². The fraction of sp³-hybridized carbons (Fsp3) is 0.696. The lowest BCUT2D eigenvalue weighted by Crippen LogP contribution is -2.49. The number of hydrogen-bond acceptors (Lipinski definition) is 4. The minimum atomic E-state index is -3.01.